The first kappa shape index (κ1) is 24.6. The third kappa shape index (κ3) is 5.11. The molecule has 2 aromatic rings. The average molecular weight is 507 g/mol. The molecule has 11 heteroatoms. The van der Waals surface area contributed by atoms with E-state index < -0.39 is 10.0 Å². The Hall–Kier alpha value is -2.50. The van der Waals surface area contributed by atoms with Crippen molar-refractivity contribution in [2.75, 3.05) is 38.1 Å². The van der Waals surface area contributed by atoms with E-state index in [2.05, 4.69) is 10.3 Å². The van der Waals surface area contributed by atoms with E-state index in [9.17, 15) is 18.0 Å². The SMILES string of the molecule is CC(=O)Nc1nc(C)c(S(=O)(=O)N2CCC3(CCN(C(=O)COc4ccccc4C)CC3)C2)s1. The summed E-state index contributed by atoms with van der Waals surface area (Å²) in [4.78, 5) is 30.0. The van der Waals surface area contributed by atoms with Crippen LogP contribution in [0.15, 0.2) is 28.5 Å². The molecule has 0 saturated carbocycles. The van der Waals surface area contributed by atoms with Crippen LogP contribution >= 0.6 is 11.3 Å². The smallest absolute Gasteiger partial charge is 0.260 e. The zero-order valence-electron chi connectivity index (χ0n) is 19.7. The highest BCUT2D eigenvalue weighted by molar-refractivity contribution is 7.91. The minimum absolute atomic E-state index is 0.000353. The lowest BCUT2D eigenvalue weighted by Crippen LogP contribution is -2.46. The molecule has 0 radical (unpaired) electrons. The highest BCUT2D eigenvalue weighted by Crippen LogP contribution is 2.43. The van der Waals surface area contributed by atoms with Gasteiger partial charge in [0.05, 0.1) is 5.69 Å². The van der Waals surface area contributed by atoms with Gasteiger partial charge in [-0.1, -0.05) is 29.5 Å². The predicted molar refractivity (Wildman–Crippen MR) is 129 cm³/mol. The van der Waals surface area contributed by atoms with Crippen LogP contribution in [0.1, 0.15) is 37.4 Å². The minimum atomic E-state index is -3.70. The fourth-order valence-electron chi connectivity index (χ4n) is 4.63. The molecule has 184 valence electrons. The summed E-state index contributed by atoms with van der Waals surface area (Å²) < 4.78 is 34.0. The lowest BCUT2D eigenvalue weighted by atomic mass is 9.78. The Balaban J connectivity index is 1.34. The second-order valence-electron chi connectivity index (χ2n) is 9.10. The maximum absolute atomic E-state index is 13.3. The summed E-state index contributed by atoms with van der Waals surface area (Å²) >= 11 is 0.986. The van der Waals surface area contributed by atoms with Crippen molar-refractivity contribution >= 4 is 38.3 Å². The van der Waals surface area contributed by atoms with Gasteiger partial charge in [0.25, 0.3) is 15.9 Å². The first-order valence-corrected chi connectivity index (χ1v) is 13.6. The number of nitrogens with one attached hydrogen (secondary N) is 1. The van der Waals surface area contributed by atoms with Gasteiger partial charge in [0.2, 0.25) is 5.91 Å². The largest absolute Gasteiger partial charge is 0.484 e. The molecule has 34 heavy (non-hydrogen) atoms. The molecule has 2 aliphatic rings. The van der Waals surface area contributed by atoms with Crippen LogP contribution in [0.5, 0.6) is 5.75 Å². The van der Waals surface area contributed by atoms with Gasteiger partial charge in [-0.3, -0.25) is 9.59 Å². The number of para-hydroxylation sites is 1. The molecule has 2 amide bonds. The van der Waals surface area contributed by atoms with Crippen molar-refractivity contribution in [1.82, 2.24) is 14.2 Å². The van der Waals surface area contributed by atoms with Crippen LogP contribution in [0.25, 0.3) is 0 Å². The van der Waals surface area contributed by atoms with E-state index in [-0.39, 0.29) is 33.2 Å². The van der Waals surface area contributed by atoms with E-state index in [0.717, 1.165) is 36.2 Å². The minimum Gasteiger partial charge on any atom is -0.484 e. The molecule has 1 spiro atoms. The number of hydrogen-bond donors (Lipinski definition) is 1. The number of carbonyl (C=O) groups excluding carboxylic acids is 2. The monoisotopic (exact) mass is 506 g/mol. The quantitative estimate of drug-likeness (QED) is 0.645. The topological polar surface area (TPSA) is 109 Å². The van der Waals surface area contributed by atoms with Gasteiger partial charge in [-0.2, -0.15) is 4.31 Å². The van der Waals surface area contributed by atoms with Crippen LogP contribution in [0.4, 0.5) is 5.13 Å². The number of aromatic nitrogens is 1. The molecule has 0 atom stereocenters. The number of sulfonamides is 1. The molecule has 2 aliphatic heterocycles. The Labute approximate surface area is 204 Å². The number of aryl methyl sites for hydroxylation is 2. The van der Waals surface area contributed by atoms with E-state index in [1.807, 2.05) is 36.1 Å². The van der Waals surface area contributed by atoms with Gasteiger partial charge in [-0.25, -0.2) is 13.4 Å². The van der Waals surface area contributed by atoms with Crippen LogP contribution in [0, 0.1) is 19.3 Å². The van der Waals surface area contributed by atoms with Crippen molar-refractivity contribution in [3.05, 3.63) is 35.5 Å². The highest BCUT2D eigenvalue weighted by Gasteiger charge is 2.46. The molecule has 4 rings (SSSR count). The molecule has 2 fully saturated rings. The number of carbonyl (C=O) groups is 2. The Morgan fingerprint density at radius 1 is 1.15 bits per heavy atom. The first-order valence-electron chi connectivity index (χ1n) is 11.3. The predicted octanol–water partition coefficient (Wildman–Crippen LogP) is 2.80. The molecule has 0 aliphatic carbocycles. The fourth-order valence-corrected chi connectivity index (χ4v) is 7.78. The number of thiazole rings is 1. The van der Waals surface area contributed by atoms with Gasteiger partial charge in [0.1, 0.15) is 5.75 Å². The molecule has 9 nitrogen and oxygen atoms in total. The lowest BCUT2D eigenvalue weighted by molar-refractivity contribution is -0.135. The van der Waals surface area contributed by atoms with Crippen molar-refractivity contribution in [2.24, 2.45) is 5.41 Å². The van der Waals surface area contributed by atoms with Gasteiger partial charge >= 0.3 is 0 Å². The standard InChI is InChI=1S/C23H30N4O5S2/c1-16-6-4-5-7-19(16)32-14-20(29)26-11-8-23(9-12-26)10-13-27(15-23)34(30,31)21-17(2)24-22(33-21)25-18(3)28/h4-7H,8-15H2,1-3H3,(H,24,25,28). The van der Waals surface area contributed by atoms with Crippen molar-refractivity contribution in [1.29, 1.82) is 0 Å². The average Bonchev–Trinajstić information content (AvgIpc) is 3.37. The highest BCUT2D eigenvalue weighted by atomic mass is 32.2. The maximum atomic E-state index is 13.3. The van der Waals surface area contributed by atoms with Crippen molar-refractivity contribution in [3.8, 4) is 5.75 Å². The molecule has 0 bridgehead atoms. The number of nitrogens with zero attached hydrogens (tertiary/aromatic N) is 3. The molecular weight excluding hydrogens is 476 g/mol. The summed E-state index contributed by atoms with van der Waals surface area (Å²) in [6, 6.07) is 7.60. The van der Waals surface area contributed by atoms with Gasteiger partial charge in [0.15, 0.2) is 15.9 Å². The van der Waals surface area contributed by atoms with Gasteiger partial charge in [-0.15, -0.1) is 0 Å². The molecular formula is C23H30N4O5S2. The molecule has 3 heterocycles. The van der Waals surface area contributed by atoms with E-state index in [1.165, 1.54) is 11.2 Å². The zero-order valence-corrected chi connectivity index (χ0v) is 21.3. The Bertz CT molecular complexity index is 1190. The van der Waals surface area contributed by atoms with Crippen LogP contribution in [-0.4, -0.2) is 67.2 Å². The van der Waals surface area contributed by atoms with Gasteiger partial charge < -0.3 is 15.0 Å². The normalized spacial score (nSPS) is 18.3. The van der Waals surface area contributed by atoms with E-state index in [1.54, 1.807) is 6.92 Å². The molecule has 1 aromatic carbocycles. The van der Waals surface area contributed by atoms with Crippen LogP contribution < -0.4 is 10.1 Å². The van der Waals surface area contributed by atoms with Crippen molar-refractivity contribution < 1.29 is 22.7 Å². The summed E-state index contributed by atoms with van der Waals surface area (Å²) in [5.41, 5.74) is 1.25. The number of rotatable bonds is 6. The van der Waals surface area contributed by atoms with Gasteiger partial charge in [0, 0.05) is 33.1 Å². The molecule has 1 aromatic heterocycles. The summed E-state index contributed by atoms with van der Waals surface area (Å²) in [5, 5.41) is 2.85. The van der Waals surface area contributed by atoms with Crippen molar-refractivity contribution in [3.63, 3.8) is 0 Å². The third-order valence-corrected chi connectivity index (χ3v) is 10.1. The Kier molecular flexibility index (Phi) is 6.97. The summed E-state index contributed by atoms with van der Waals surface area (Å²) in [7, 11) is -3.70. The van der Waals surface area contributed by atoms with E-state index in [0.29, 0.717) is 37.6 Å². The second kappa shape index (κ2) is 9.63. The number of piperidine rings is 1. The molecule has 2 saturated heterocycles. The maximum Gasteiger partial charge on any atom is 0.260 e. The number of benzene rings is 1. The summed E-state index contributed by atoms with van der Waals surface area (Å²) in [6.45, 7) is 7.01. The summed E-state index contributed by atoms with van der Waals surface area (Å²) in [6.07, 6.45) is 2.28. The molecule has 1 N–H and O–H groups in total. The number of amides is 2. The second-order valence-corrected chi connectivity index (χ2v) is 12.2. The number of anilines is 1. The van der Waals surface area contributed by atoms with Crippen molar-refractivity contribution in [2.45, 2.75) is 44.2 Å². The van der Waals surface area contributed by atoms with E-state index in [4.69, 9.17) is 4.74 Å². The third-order valence-electron chi connectivity index (χ3n) is 6.64. The summed E-state index contributed by atoms with van der Waals surface area (Å²) in [5.74, 6) is 0.371. The molecule has 0 unspecified atom stereocenters. The zero-order chi connectivity index (χ0) is 24.5. The fraction of sp³-hybridized carbons (Fsp3) is 0.522. The van der Waals surface area contributed by atoms with Crippen LogP contribution in [0.2, 0.25) is 0 Å². The number of likely N-dealkylation sites (tertiary alicyclic amines) is 1. The Morgan fingerprint density at radius 2 is 1.82 bits per heavy atom. The lowest BCUT2D eigenvalue weighted by Gasteiger charge is -2.39. The van der Waals surface area contributed by atoms with Gasteiger partial charge in [-0.05, 0) is 50.2 Å². The number of ether oxygens (including phenoxy) is 1. The Morgan fingerprint density at radius 3 is 2.50 bits per heavy atom. The van der Waals surface area contributed by atoms with E-state index >= 15 is 0 Å². The number of hydrogen-bond acceptors (Lipinski definition) is 7. The first-order chi connectivity index (χ1) is 16.1. The van der Waals surface area contributed by atoms with Crippen LogP contribution in [0.3, 0.4) is 0 Å². The van der Waals surface area contributed by atoms with Crippen LogP contribution in [-0.2, 0) is 19.6 Å².